The van der Waals surface area contributed by atoms with Gasteiger partial charge in [0.25, 0.3) is 6.29 Å². The molecule has 492 valence electrons. The Morgan fingerprint density at radius 1 is 0.369 bits per heavy atom. The van der Waals surface area contributed by atoms with Gasteiger partial charge in [-0.15, -0.1) is 0 Å². The standard InChI is InChI=1S/C75H139NO8/c1-6-8-10-12-14-16-18-20-22-24-26-28-30-31-32-33-34-35-36-37-38-39-40-41-42-43-44-46-48-50-52-54-56-58-60-62-64-66-73(78)84-71(70-83-75(74(79)80)81-68-67-76(3,4)5)69-82-72(77)65-63-61-59-57-55-53-51-49-47-45-29-27-25-23-21-19-17-15-13-11-9-7-2/h8,10,14,16,20,22,26,28,71,75H,6-7,9,11-13,15,17-19,21,23-25,27,29-70H2,1-5H3/p+1/b10-8-,16-14-,22-20-,28-26-. The van der Waals surface area contributed by atoms with Gasteiger partial charge in [0, 0.05) is 12.8 Å². The van der Waals surface area contributed by atoms with E-state index in [1.807, 2.05) is 21.1 Å². The Labute approximate surface area is 521 Å². The predicted molar refractivity (Wildman–Crippen MR) is 360 cm³/mol. The molecule has 0 aromatic carbocycles. The van der Waals surface area contributed by atoms with Gasteiger partial charge in [-0.2, -0.15) is 0 Å². The molecule has 0 rings (SSSR count). The summed E-state index contributed by atoms with van der Waals surface area (Å²) in [7, 11) is 5.99. The number of carboxylic acids is 1. The van der Waals surface area contributed by atoms with Crippen molar-refractivity contribution in [3.63, 3.8) is 0 Å². The van der Waals surface area contributed by atoms with Crippen LogP contribution in [0.4, 0.5) is 0 Å². The average molecular weight is 1180 g/mol. The molecule has 0 heterocycles. The van der Waals surface area contributed by atoms with Gasteiger partial charge in [0.05, 0.1) is 34.4 Å². The molecule has 84 heavy (non-hydrogen) atoms. The lowest BCUT2D eigenvalue weighted by atomic mass is 10.0. The van der Waals surface area contributed by atoms with E-state index in [0.29, 0.717) is 17.4 Å². The van der Waals surface area contributed by atoms with E-state index in [1.165, 1.54) is 263 Å². The highest BCUT2D eigenvalue weighted by Crippen LogP contribution is 2.19. The van der Waals surface area contributed by atoms with Crippen molar-refractivity contribution in [2.24, 2.45) is 0 Å². The molecule has 0 spiro atoms. The van der Waals surface area contributed by atoms with Crippen LogP contribution in [0.2, 0.25) is 0 Å². The van der Waals surface area contributed by atoms with Crippen LogP contribution in [0.5, 0.6) is 0 Å². The molecule has 2 atom stereocenters. The lowest BCUT2D eigenvalue weighted by Crippen LogP contribution is -2.40. The first kappa shape index (κ1) is 81.2. The fourth-order valence-electron chi connectivity index (χ4n) is 10.8. The van der Waals surface area contributed by atoms with Gasteiger partial charge in [0.2, 0.25) is 0 Å². The third kappa shape index (κ3) is 66.8. The van der Waals surface area contributed by atoms with Crippen LogP contribution in [0.25, 0.3) is 0 Å². The first-order chi connectivity index (χ1) is 41.1. The molecule has 1 N–H and O–H groups in total. The number of aliphatic carboxylic acids is 1. The van der Waals surface area contributed by atoms with Crippen LogP contribution in [0.1, 0.15) is 354 Å². The number of allylic oxidation sites excluding steroid dienone is 8. The highest BCUT2D eigenvalue weighted by molar-refractivity contribution is 5.71. The number of likely N-dealkylation sites (N-methyl/N-ethyl adjacent to an activating group) is 1. The zero-order valence-corrected chi connectivity index (χ0v) is 56.3. The predicted octanol–water partition coefficient (Wildman–Crippen LogP) is 22.5. The number of nitrogens with zero attached hydrogens (tertiary/aromatic N) is 1. The summed E-state index contributed by atoms with van der Waals surface area (Å²) in [6.45, 7) is 4.84. The van der Waals surface area contributed by atoms with Crippen LogP contribution < -0.4 is 0 Å². The number of esters is 2. The van der Waals surface area contributed by atoms with Crippen molar-refractivity contribution in [2.45, 2.75) is 367 Å². The molecule has 0 aromatic heterocycles. The minimum Gasteiger partial charge on any atom is -0.477 e. The van der Waals surface area contributed by atoms with Gasteiger partial charge in [-0.25, -0.2) is 4.79 Å². The molecule has 0 aliphatic heterocycles. The summed E-state index contributed by atoms with van der Waals surface area (Å²) in [4.78, 5) is 37.6. The van der Waals surface area contributed by atoms with Gasteiger partial charge in [-0.3, -0.25) is 9.59 Å². The second kappa shape index (κ2) is 66.2. The molecule has 2 unspecified atom stereocenters. The molecule has 0 saturated carbocycles. The van der Waals surface area contributed by atoms with Crippen LogP contribution in [0.15, 0.2) is 48.6 Å². The number of unbranched alkanes of at least 4 members (excludes halogenated alkanes) is 45. The molecule has 0 radical (unpaired) electrons. The minimum atomic E-state index is -1.51. The van der Waals surface area contributed by atoms with Gasteiger partial charge < -0.3 is 28.5 Å². The Hall–Kier alpha value is -2.75. The van der Waals surface area contributed by atoms with Crippen LogP contribution in [0.3, 0.4) is 0 Å². The third-order valence-corrected chi connectivity index (χ3v) is 16.3. The van der Waals surface area contributed by atoms with Crippen molar-refractivity contribution >= 4 is 17.9 Å². The van der Waals surface area contributed by atoms with Crippen molar-refractivity contribution in [3.05, 3.63) is 48.6 Å². The second-order valence-corrected chi connectivity index (χ2v) is 25.9. The zero-order valence-electron chi connectivity index (χ0n) is 56.3. The maximum Gasteiger partial charge on any atom is 0.361 e. The molecule has 9 nitrogen and oxygen atoms in total. The van der Waals surface area contributed by atoms with Crippen LogP contribution in [-0.4, -0.2) is 87.4 Å². The van der Waals surface area contributed by atoms with E-state index in [4.69, 9.17) is 18.9 Å². The van der Waals surface area contributed by atoms with E-state index in [9.17, 15) is 19.5 Å². The fourth-order valence-corrected chi connectivity index (χ4v) is 10.8. The highest BCUT2D eigenvalue weighted by atomic mass is 16.7. The summed E-state index contributed by atoms with van der Waals surface area (Å²) < 4.78 is 23.0. The molecule has 9 heteroatoms. The molecule has 0 aromatic rings. The first-order valence-corrected chi connectivity index (χ1v) is 36.3. The Bertz CT molecular complexity index is 1520. The summed E-state index contributed by atoms with van der Waals surface area (Å²) in [5, 5.41) is 9.75. The van der Waals surface area contributed by atoms with Gasteiger partial charge in [-0.05, 0) is 51.4 Å². The largest absolute Gasteiger partial charge is 0.477 e. The SMILES string of the molecule is CC/C=C\C/C=C\C/C=C\C/C=C\CCCCCCCCCCCCCCCCCCCCCCCCCCC(=O)OC(COC(=O)CCCCCCCCCCCCCCCCCCCCCCCC)COC(OCC[N+](C)(C)C)C(=O)O. The summed E-state index contributed by atoms with van der Waals surface area (Å²) in [6, 6.07) is 0. The third-order valence-electron chi connectivity index (χ3n) is 16.3. The number of quaternary nitrogens is 1. The topological polar surface area (TPSA) is 108 Å². The fraction of sp³-hybridized carbons (Fsp3) is 0.853. The van der Waals surface area contributed by atoms with E-state index in [-0.39, 0.29) is 38.2 Å². The maximum atomic E-state index is 13.0. The number of hydrogen-bond acceptors (Lipinski definition) is 7. The van der Waals surface area contributed by atoms with Gasteiger partial charge in [-0.1, -0.05) is 339 Å². The van der Waals surface area contributed by atoms with Crippen LogP contribution in [-0.2, 0) is 33.3 Å². The summed E-state index contributed by atoms with van der Waals surface area (Å²) >= 11 is 0. The smallest absolute Gasteiger partial charge is 0.361 e. The molecule has 0 amide bonds. The van der Waals surface area contributed by atoms with Crippen molar-refractivity contribution in [1.82, 2.24) is 0 Å². The number of rotatable bonds is 68. The molecule has 0 aliphatic rings. The zero-order chi connectivity index (χ0) is 61.2. The Morgan fingerprint density at radius 3 is 1.01 bits per heavy atom. The van der Waals surface area contributed by atoms with Crippen LogP contribution in [0, 0.1) is 0 Å². The lowest BCUT2D eigenvalue weighted by Gasteiger charge is -2.25. The molecule has 0 aliphatic carbocycles. The average Bonchev–Trinajstić information content (AvgIpc) is 3.55. The van der Waals surface area contributed by atoms with Gasteiger partial charge in [0.1, 0.15) is 13.2 Å². The Morgan fingerprint density at radius 2 is 0.679 bits per heavy atom. The van der Waals surface area contributed by atoms with E-state index in [2.05, 4.69) is 62.5 Å². The van der Waals surface area contributed by atoms with Gasteiger partial charge in [0.15, 0.2) is 6.10 Å². The summed E-state index contributed by atoms with van der Waals surface area (Å²) in [5.41, 5.74) is 0. The molecular weight excluding hydrogens is 1040 g/mol. The highest BCUT2D eigenvalue weighted by Gasteiger charge is 2.25. The number of carboxylic acid groups (broad SMARTS) is 1. The number of carbonyl (C=O) groups is 3. The molecular formula is C75H140NO8+. The first-order valence-electron chi connectivity index (χ1n) is 36.3. The van der Waals surface area contributed by atoms with E-state index in [1.54, 1.807) is 0 Å². The number of hydrogen-bond donors (Lipinski definition) is 1. The quantitative estimate of drug-likeness (QED) is 0.0211. The van der Waals surface area contributed by atoms with Crippen molar-refractivity contribution in [1.29, 1.82) is 0 Å². The van der Waals surface area contributed by atoms with Crippen LogP contribution >= 0.6 is 0 Å². The molecule has 0 fully saturated rings. The van der Waals surface area contributed by atoms with E-state index < -0.39 is 18.4 Å². The van der Waals surface area contributed by atoms with Crippen molar-refractivity contribution < 1.29 is 42.9 Å². The minimum absolute atomic E-state index is 0.175. The summed E-state index contributed by atoms with van der Waals surface area (Å²) in [5.74, 6) is -1.97. The number of carbonyl (C=O) groups excluding carboxylic acids is 2. The Kier molecular flexibility index (Phi) is 64.0. The van der Waals surface area contributed by atoms with E-state index in [0.717, 1.165) is 64.2 Å². The Balaban J connectivity index is 3.99. The van der Waals surface area contributed by atoms with Gasteiger partial charge >= 0.3 is 17.9 Å². The monoisotopic (exact) mass is 1180 g/mol. The molecule has 0 bridgehead atoms. The lowest BCUT2D eigenvalue weighted by molar-refractivity contribution is -0.870. The number of ether oxygens (including phenoxy) is 4. The maximum absolute atomic E-state index is 13.0. The molecule has 0 saturated heterocycles. The second-order valence-electron chi connectivity index (χ2n) is 25.9. The van der Waals surface area contributed by atoms with Crippen molar-refractivity contribution in [3.8, 4) is 0 Å². The van der Waals surface area contributed by atoms with E-state index >= 15 is 0 Å². The summed E-state index contributed by atoms with van der Waals surface area (Å²) in [6.07, 6.45) is 82.4. The van der Waals surface area contributed by atoms with Crippen molar-refractivity contribution in [2.75, 3.05) is 47.5 Å². The normalized spacial score (nSPS) is 12.9.